The molecule has 1 aliphatic heterocycles. The molecule has 2 aliphatic rings. The Morgan fingerprint density at radius 1 is 0.276 bits per heavy atom. The second-order valence-electron chi connectivity index (χ2n) is 20.0. The van der Waals surface area contributed by atoms with Crippen LogP contribution in [0.15, 0.2) is 297 Å². The highest BCUT2D eigenvalue weighted by Gasteiger charge is 2.52. The molecular formula is C73H49N3. The number of anilines is 6. The number of benzene rings is 12. The first-order valence-corrected chi connectivity index (χ1v) is 26.3. The lowest BCUT2D eigenvalue weighted by Crippen LogP contribution is -2.36. The maximum Gasteiger partial charge on any atom is 0.0755 e. The minimum atomic E-state index is -0.603. The number of hydrogen-bond acceptors (Lipinski definition) is 2. The van der Waals surface area contributed by atoms with E-state index in [4.69, 9.17) is 0 Å². The third-order valence-corrected chi connectivity index (χ3v) is 16.0. The van der Waals surface area contributed by atoms with Gasteiger partial charge in [-0.05, 0) is 128 Å². The largest absolute Gasteiger partial charge is 0.310 e. The molecule has 356 valence electrons. The van der Waals surface area contributed by atoms with Gasteiger partial charge >= 0.3 is 0 Å². The van der Waals surface area contributed by atoms with Crippen LogP contribution in [0.25, 0.3) is 72.0 Å². The fourth-order valence-corrected chi connectivity index (χ4v) is 12.8. The standard InChI is InChI=1S/C73H49N3/c1-3-20-50(21-4-1)51-38-40-54(41-39-51)58-24-8-14-32-66(58)75(57-48-44-53(45-49-57)52-42-46-56(47-43-52)74-67-33-15-9-25-59(67)60-26-10-16-34-68(60)74)71-37-19-31-65-72(71)61-27-7-11-28-62(61)73(65)63-29-12-17-35-69(63)76(55-22-5-2-6-23-55)70-36-18-13-30-64(70)73/h1-49H. The van der Waals surface area contributed by atoms with E-state index in [1.54, 1.807) is 0 Å². The van der Waals surface area contributed by atoms with Gasteiger partial charge in [-0.3, -0.25) is 0 Å². The monoisotopic (exact) mass is 967 g/mol. The zero-order chi connectivity index (χ0) is 50.2. The molecule has 0 N–H and O–H groups in total. The van der Waals surface area contributed by atoms with Crippen LogP contribution in [0.1, 0.15) is 22.3 Å². The van der Waals surface area contributed by atoms with Crippen LogP contribution in [0, 0.1) is 0 Å². The topological polar surface area (TPSA) is 11.4 Å². The van der Waals surface area contributed by atoms with Crippen LogP contribution in [0.5, 0.6) is 0 Å². The molecule has 76 heavy (non-hydrogen) atoms. The van der Waals surface area contributed by atoms with Gasteiger partial charge in [0.25, 0.3) is 0 Å². The highest BCUT2D eigenvalue weighted by molar-refractivity contribution is 6.09. The zero-order valence-corrected chi connectivity index (χ0v) is 41.6. The third-order valence-electron chi connectivity index (χ3n) is 16.0. The predicted octanol–water partition coefficient (Wildman–Crippen LogP) is 19.4. The van der Waals surface area contributed by atoms with Crippen LogP contribution in [-0.4, -0.2) is 4.57 Å². The molecule has 0 saturated carbocycles. The summed E-state index contributed by atoms with van der Waals surface area (Å²) in [7, 11) is 0. The smallest absolute Gasteiger partial charge is 0.0755 e. The van der Waals surface area contributed by atoms with Crippen molar-refractivity contribution in [2.45, 2.75) is 5.41 Å². The highest BCUT2D eigenvalue weighted by atomic mass is 15.2. The fourth-order valence-electron chi connectivity index (χ4n) is 12.8. The van der Waals surface area contributed by atoms with Crippen molar-refractivity contribution in [3.8, 4) is 50.2 Å². The lowest BCUT2D eigenvalue weighted by Gasteiger charge is -2.45. The lowest BCUT2D eigenvalue weighted by molar-refractivity contribution is 0.752. The average molecular weight is 968 g/mol. The van der Waals surface area contributed by atoms with Gasteiger partial charge in [0.05, 0.1) is 39.2 Å². The summed E-state index contributed by atoms with van der Waals surface area (Å²) in [4.78, 5) is 4.96. The molecule has 13 aromatic rings. The van der Waals surface area contributed by atoms with Crippen LogP contribution >= 0.6 is 0 Å². The SMILES string of the molecule is c1ccc(-c2ccc(-c3ccccc3N(c3ccc(-c4ccc(-n5c6ccccc6c6ccccc65)cc4)cc3)c3cccc4c3-c3ccccc3C43c4ccccc4N(c4ccccc4)c4ccccc43)cc2)cc1. The Hall–Kier alpha value is -9.96. The van der Waals surface area contributed by atoms with Crippen molar-refractivity contribution in [1.82, 2.24) is 4.57 Å². The van der Waals surface area contributed by atoms with Gasteiger partial charge in [-0.2, -0.15) is 0 Å². The first-order valence-electron chi connectivity index (χ1n) is 26.3. The van der Waals surface area contributed by atoms with Crippen molar-refractivity contribution in [2.24, 2.45) is 0 Å². The molecule has 0 amide bonds. The van der Waals surface area contributed by atoms with E-state index in [2.05, 4.69) is 312 Å². The Morgan fingerprint density at radius 3 is 1.37 bits per heavy atom. The molecule has 0 unspecified atom stereocenters. The predicted molar refractivity (Wildman–Crippen MR) is 317 cm³/mol. The first kappa shape index (κ1) is 43.6. The van der Waals surface area contributed by atoms with Crippen molar-refractivity contribution < 1.29 is 0 Å². The van der Waals surface area contributed by atoms with Crippen molar-refractivity contribution >= 4 is 55.9 Å². The van der Waals surface area contributed by atoms with E-state index < -0.39 is 5.41 Å². The molecule has 0 atom stereocenters. The molecule has 1 spiro atoms. The van der Waals surface area contributed by atoms with E-state index in [0.29, 0.717) is 0 Å². The number of fused-ring (bicyclic) bond motifs is 12. The summed E-state index contributed by atoms with van der Waals surface area (Å²) in [5.41, 5.74) is 24.3. The van der Waals surface area contributed by atoms with Gasteiger partial charge in [-0.25, -0.2) is 0 Å². The van der Waals surface area contributed by atoms with Gasteiger partial charge in [0.15, 0.2) is 0 Å². The maximum absolute atomic E-state index is 2.52. The number of rotatable bonds is 8. The van der Waals surface area contributed by atoms with E-state index in [1.807, 2.05) is 0 Å². The fraction of sp³-hybridized carbons (Fsp3) is 0.0137. The molecule has 0 saturated heterocycles. The molecule has 1 aromatic heterocycles. The summed E-state index contributed by atoms with van der Waals surface area (Å²) in [5, 5.41) is 2.53. The molecule has 0 bridgehead atoms. The van der Waals surface area contributed by atoms with Gasteiger partial charge in [0.2, 0.25) is 0 Å². The minimum Gasteiger partial charge on any atom is -0.310 e. The van der Waals surface area contributed by atoms with Crippen LogP contribution in [0.4, 0.5) is 34.1 Å². The van der Waals surface area contributed by atoms with E-state index in [1.165, 1.54) is 77.7 Å². The molecule has 0 fully saturated rings. The Bertz CT molecular complexity index is 4220. The average Bonchev–Trinajstić information content (AvgIpc) is 4.09. The van der Waals surface area contributed by atoms with Crippen LogP contribution in [-0.2, 0) is 5.41 Å². The maximum atomic E-state index is 2.52. The van der Waals surface area contributed by atoms with E-state index >= 15 is 0 Å². The van der Waals surface area contributed by atoms with Crippen molar-refractivity contribution in [2.75, 3.05) is 9.80 Å². The third kappa shape index (κ3) is 6.62. The Balaban J connectivity index is 0.914. The number of para-hydroxylation sites is 6. The molecule has 2 heterocycles. The minimum absolute atomic E-state index is 0.603. The molecule has 3 heteroatoms. The van der Waals surface area contributed by atoms with Crippen molar-refractivity contribution in [3.05, 3.63) is 320 Å². The molecular weight excluding hydrogens is 919 g/mol. The summed E-state index contributed by atoms with van der Waals surface area (Å²) in [6.45, 7) is 0. The second-order valence-corrected chi connectivity index (χ2v) is 20.0. The number of nitrogens with zero attached hydrogens (tertiary/aromatic N) is 3. The molecule has 12 aromatic carbocycles. The van der Waals surface area contributed by atoms with Crippen LogP contribution in [0.3, 0.4) is 0 Å². The van der Waals surface area contributed by atoms with Crippen molar-refractivity contribution in [1.29, 1.82) is 0 Å². The summed E-state index contributed by atoms with van der Waals surface area (Å²) in [6.07, 6.45) is 0. The lowest BCUT2D eigenvalue weighted by atomic mass is 9.64. The summed E-state index contributed by atoms with van der Waals surface area (Å²) >= 11 is 0. The van der Waals surface area contributed by atoms with Gasteiger partial charge in [-0.1, -0.05) is 224 Å². The Kier molecular flexibility index (Phi) is 10.1. The summed E-state index contributed by atoms with van der Waals surface area (Å²) in [5.74, 6) is 0. The van der Waals surface area contributed by atoms with Gasteiger partial charge in [0, 0.05) is 39.0 Å². The normalized spacial score (nSPS) is 12.8. The number of hydrogen-bond donors (Lipinski definition) is 0. The molecule has 3 nitrogen and oxygen atoms in total. The second kappa shape index (κ2) is 17.6. The zero-order valence-electron chi connectivity index (χ0n) is 41.6. The Morgan fingerprint density at radius 2 is 0.724 bits per heavy atom. The first-order chi connectivity index (χ1) is 37.7. The van der Waals surface area contributed by atoms with E-state index in [9.17, 15) is 0 Å². The van der Waals surface area contributed by atoms with Gasteiger partial charge in [-0.15, -0.1) is 0 Å². The van der Waals surface area contributed by atoms with Gasteiger partial charge in [0.1, 0.15) is 0 Å². The quantitative estimate of drug-likeness (QED) is 0.150. The summed E-state index contributed by atoms with van der Waals surface area (Å²) < 4.78 is 2.38. The van der Waals surface area contributed by atoms with Crippen LogP contribution in [0.2, 0.25) is 0 Å². The molecule has 15 rings (SSSR count). The van der Waals surface area contributed by atoms with Crippen molar-refractivity contribution in [3.63, 3.8) is 0 Å². The highest BCUT2D eigenvalue weighted by Crippen LogP contribution is 2.65. The van der Waals surface area contributed by atoms with E-state index in [-0.39, 0.29) is 0 Å². The van der Waals surface area contributed by atoms with E-state index in [0.717, 1.165) is 50.7 Å². The molecule has 0 radical (unpaired) electrons. The molecule has 1 aliphatic carbocycles. The summed E-state index contributed by atoms with van der Waals surface area (Å²) in [6, 6.07) is 109. The number of aromatic nitrogens is 1. The Labute approximate surface area is 443 Å². The van der Waals surface area contributed by atoms with Crippen LogP contribution < -0.4 is 9.80 Å². The van der Waals surface area contributed by atoms with Gasteiger partial charge < -0.3 is 14.4 Å².